The van der Waals surface area contributed by atoms with Crippen molar-refractivity contribution in [2.45, 2.75) is 13.1 Å². The predicted molar refractivity (Wildman–Crippen MR) is 67.7 cm³/mol. The van der Waals surface area contributed by atoms with Gasteiger partial charge in [0.25, 0.3) is 0 Å². The summed E-state index contributed by atoms with van der Waals surface area (Å²) in [4.78, 5) is 0. The molecule has 92 valence electrons. The Morgan fingerprint density at radius 3 is 2.89 bits per heavy atom. The number of hydrogen-bond donors (Lipinski definition) is 1. The minimum atomic E-state index is 0.567. The summed E-state index contributed by atoms with van der Waals surface area (Å²) < 4.78 is 1.85. The van der Waals surface area contributed by atoms with Gasteiger partial charge in [-0.05, 0) is 17.7 Å². The maximum Gasteiger partial charge on any atom is 0.146 e. The van der Waals surface area contributed by atoms with E-state index < -0.39 is 0 Å². The zero-order valence-electron chi connectivity index (χ0n) is 9.89. The van der Waals surface area contributed by atoms with E-state index in [-0.39, 0.29) is 0 Å². The Balaban J connectivity index is 1.95. The summed E-state index contributed by atoms with van der Waals surface area (Å²) in [6.07, 6.45) is 1.66. The molecule has 0 unspecified atom stereocenters. The van der Waals surface area contributed by atoms with Gasteiger partial charge < -0.3 is 9.88 Å². The molecule has 1 aromatic heterocycles. The zero-order valence-corrected chi connectivity index (χ0v) is 10.6. The van der Waals surface area contributed by atoms with Gasteiger partial charge in [0.1, 0.15) is 12.2 Å². The Hall–Kier alpha value is -1.90. The quantitative estimate of drug-likeness (QED) is 0.908. The molecule has 1 N–H and O–H groups in total. The summed E-state index contributed by atoms with van der Waals surface area (Å²) in [7, 11) is 1.89. The molecule has 0 saturated heterocycles. The number of rotatable bonds is 4. The van der Waals surface area contributed by atoms with Crippen LogP contribution in [0.4, 0.5) is 0 Å². The molecule has 0 atom stereocenters. The van der Waals surface area contributed by atoms with E-state index in [9.17, 15) is 0 Å². The second-order valence-corrected chi connectivity index (χ2v) is 4.29. The molecular formula is C12H12ClN5. The first-order valence-corrected chi connectivity index (χ1v) is 5.80. The highest BCUT2D eigenvalue weighted by Crippen LogP contribution is 2.17. The molecule has 0 spiro atoms. The number of benzene rings is 1. The fourth-order valence-electron chi connectivity index (χ4n) is 1.54. The summed E-state index contributed by atoms with van der Waals surface area (Å²) in [5.41, 5.74) is 1.52. The van der Waals surface area contributed by atoms with Crippen LogP contribution in [-0.4, -0.2) is 14.8 Å². The van der Waals surface area contributed by atoms with Crippen LogP contribution >= 0.6 is 11.6 Å². The highest BCUT2D eigenvalue weighted by molar-refractivity contribution is 6.31. The molecule has 0 aliphatic rings. The summed E-state index contributed by atoms with van der Waals surface area (Å²) in [5, 5.41) is 20.3. The van der Waals surface area contributed by atoms with Crippen molar-refractivity contribution in [3.8, 4) is 6.07 Å². The van der Waals surface area contributed by atoms with Crippen LogP contribution in [0.3, 0.4) is 0 Å². The lowest BCUT2D eigenvalue weighted by Gasteiger charge is -2.06. The van der Waals surface area contributed by atoms with Crippen molar-refractivity contribution in [3.63, 3.8) is 0 Å². The van der Waals surface area contributed by atoms with Gasteiger partial charge in [-0.3, -0.25) is 0 Å². The molecule has 0 saturated carbocycles. The average Bonchev–Trinajstić information content (AvgIpc) is 2.77. The van der Waals surface area contributed by atoms with E-state index in [1.807, 2.05) is 17.7 Å². The first kappa shape index (κ1) is 12.6. The van der Waals surface area contributed by atoms with E-state index in [1.54, 1.807) is 18.5 Å². The number of nitriles is 1. The van der Waals surface area contributed by atoms with Gasteiger partial charge in [0, 0.05) is 18.6 Å². The molecule has 18 heavy (non-hydrogen) atoms. The van der Waals surface area contributed by atoms with Gasteiger partial charge in [-0.2, -0.15) is 5.26 Å². The molecule has 0 amide bonds. The van der Waals surface area contributed by atoms with Crippen molar-refractivity contribution >= 4 is 11.6 Å². The fourth-order valence-corrected chi connectivity index (χ4v) is 1.78. The Morgan fingerprint density at radius 1 is 1.44 bits per heavy atom. The number of hydrogen-bond acceptors (Lipinski definition) is 4. The van der Waals surface area contributed by atoms with Crippen molar-refractivity contribution in [1.29, 1.82) is 5.26 Å². The maximum atomic E-state index is 8.74. The van der Waals surface area contributed by atoms with Gasteiger partial charge in [-0.15, -0.1) is 10.2 Å². The predicted octanol–water partition coefficient (Wildman–Crippen LogP) is 1.63. The van der Waals surface area contributed by atoms with Crippen LogP contribution in [0.15, 0.2) is 24.5 Å². The van der Waals surface area contributed by atoms with Crippen molar-refractivity contribution in [2.24, 2.45) is 7.05 Å². The molecule has 1 aromatic carbocycles. The monoisotopic (exact) mass is 261 g/mol. The van der Waals surface area contributed by atoms with Gasteiger partial charge in [0.05, 0.1) is 18.2 Å². The van der Waals surface area contributed by atoms with Crippen molar-refractivity contribution in [2.75, 3.05) is 0 Å². The molecule has 0 aliphatic carbocycles. The third-order valence-electron chi connectivity index (χ3n) is 2.59. The third-order valence-corrected chi connectivity index (χ3v) is 2.94. The van der Waals surface area contributed by atoms with E-state index in [4.69, 9.17) is 16.9 Å². The number of nitrogens with zero attached hydrogens (tertiary/aromatic N) is 4. The van der Waals surface area contributed by atoms with Crippen molar-refractivity contribution in [1.82, 2.24) is 20.1 Å². The molecule has 6 heteroatoms. The number of aromatic nitrogens is 3. The normalized spacial score (nSPS) is 10.3. The van der Waals surface area contributed by atoms with Crippen LogP contribution in [0.25, 0.3) is 0 Å². The average molecular weight is 262 g/mol. The van der Waals surface area contributed by atoms with Gasteiger partial charge in [0.2, 0.25) is 0 Å². The molecule has 0 aliphatic heterocycles. The molecule has 5 nitrogen and oxygen atoms in total. The molecule has 0 radical (unpaired) electrons. The zero-order chi connectivity index (χ0) is 13.0. The van der Waals surface area contributed by atoms with Crippen LogP contribution in [0.5, 0.6) is 0 Å². The summed E-state index contributed by atoms with van der Waals surface area (Å²) >= 11 is 6.08. The molecule has 0 fully saturated rings. The third kappa shape index (κ3) is 2.86. The van der Waals surface area contributed by atoms with Crippen LogP contribution < -0.4 is 5.32 Å². The Bertz CT molecular complexity index is 584. The Labute approximate surface area is 110 Å². The smallest absolute Gasteiger partial charge is 0.146 e. The molecule has 2 rings (SSSR count). The lowest BCUT2D eigenvalue weighted by atomic mass is 10.1. The Morgan fingerprint density at radius 2 is 2.28 bits per heavy atom. The van der Waals surface area contributed by atoms with Gasteiger partial charge in [-0.25, -0.2) is 0 Å². The Kier molecular flexibility index (Phi) is 3.92. The van der Waals surface area contributed by atoms with E-state index in [2.05, 4.69) is 21.6 Å². The first-order valence-electron chi connectivity index (χ1n) is 5.43. The van der Waals surface area contributed by atoms with E-state index in [0.717, 1.165) is 11.4 Å². The second kappa shape index (κ2) is 5.63. The minimum Gasteiger partial charge on any atom is -0.320 e. The van der Waals surface area contributed by atoms with Gasteiger partial charge in [-0.1, -0.05) is 17.7 Å². The number of aryl methyl sites for hydroxylation is 1. The molecule has 1 heterocycles. The van der Waals surface area contributed by atoms with Crippen LogP contribution in [0, 0.1) is 11.3 Å². The molecule has 0 bridgehead atoms. The van der Waals surface area contributed by atoms with Crippen molar-refractivity contribution in [3.05, 3.63) is 46.5 Å². The van der Waals surface area contributed by atoms with E-state index in [1.165, 1.54) is 0 Å². The maximum absolute atomic E-state index is 8.74. The highest BCUT2D eigenvalue weighted by atomic mass is 35.5. The van der Waals surface area contributed by atoms with E-state index >= 15 is 0 Å². The molecule has 2 aromatic rings. The SMILES string of the molecule is Cn1cnnc1CNCc1ccc(C#N)cc1Cl. The highest BCUT2D eigenvalue weighted by Gasteiger charge is 2.03. The lowest BCUT2D eigenvalue weighted by Crippen LogP contribution is -2.16. The standard InChI is InChI=1S/C12H12ClN5/c1-18-8-16-17-12(18)7-15-6-10-3-2-9(5-14)4-11(10)13/h2-4,8,15H,6-7H2,1H3. The largest absolute Gasteiger partial charge is 0.320 e. The van der Waals surface area contributed by atoms with E-state index in [0.29, 0.717) is 23.7 Å². The topological polar surface area (TPSA) is 66.5 Å². The summed E-state index contributed by atoms with van der Waals surface area (Å²) in [5.74, 6) is 0.861. The van der Waals surface area contributed by atoms with Gasteiger partial charge >= 0.3 is 0 Å². The van der Waals surface area contributed by atoms with Crippen molar-refractivity contribution < 1.29 is 0 Å². The minimum absolute atomic E-state index is 0.567. The van der Waals surface area contributed by atoms with Gasteiger partial charge in [0.15, 0.2) is 0 Å². The van der Waals surface area contributed by atoms with Crippen LogP contribution in [0.1, 0.15) is 17.0 Å². The first-order chi connectivity index (χ1) is 8.70. The summed E-state index contributed by atoms with van der Waals surface area (Å²) in [6, 6.07) is 7.33. The number of halogens is 1. The van der Waals surface area contributed by atoms with Crippen LogP contribution in [0.2, 0.25) is 5.02 Å². The lowest BCUT2D eigenvalue weighted by molar-refractivity contribution is 0.637. The molecular weight excluding hydrogens is 250 g/mol. The fraction of sp³-hybridized carbons (Fsp3) is 0.250. The second-order valence-electron chi connectivity index (χ2n) is 3.88. The summed E-state index contributed by atoms with van der Waals surface area (Å²) in [6.45, 7) is 1.24. The van der Waals surface area contributed by atoms with Crippen LogP contribution in [-0.2, 0) is 20.1 Å². The number of nitrogens with one attached hydrogen (secondary N) is 1.